The summed E-state index contributed by atoms with van der Waals surface area (Å²) in [6, 6.07) is 9.26. The zero-order valence-corrected chi connectivity index (χ0v) is 13.0. The summed E-state index contributed by atoms with van der Waals surface area (Å²) in [5, 5.41) is 6.72. The summed E-state index contributed by atoms with van der Waals surface area (Å²) < 4.78 is 11.2. The molecule has 1 heterocycles. The number of nitrogens with zero attached hydrogens (tertiary/aromatic N) is 1. The van der Waals surface area contributed by atoms with Gasteiger partial charge in [-0.1, -0.05) is 11.2 Å². The number of carbonyl (C=O) groups is 1. The van der Waals surface area contributed by atoms with Crippen LogP contribution < -0.4 is 10.1 Å². The Hall–Kier alpha value is -2.30. The Morgan fingerprint density at radius 3 is 2.78 bits per heavy atom. The molecule has 0 radical (unpaired) electrons. The van der Waals surface area contributed by atoms with Gasteiger partial charge in [0.25, 0.3) is 5.91 Å². The van der Waals surface area contributed by atoms with Gasteiger partial charge in [-0.3, -0.25) is 4.79 Å². The van der Waals surface area contributed by atoms with Crippen molar-refractivity contribution in [3.05, 3.63) is 41.8 Å². The number of rotatable bonds is 5. The summed E-state index contributed by atoms with van der Waals surface area (Å²) in [5.74, 6) is 1.81. The molecule has 4 rings (SSSR count). The highest BCUT2D eigenvalue weighted by Gasteiger charge is 2.28. The van der Waals surface area contributed by atoms with Gasteiger partial charge in [0, 0.05) is 23.7 Å². The summed E-state index contributed by atoms with van der Waals surface area (Å²) in [4.78, 5) is 12.3. The minimum Gasteiger partial charge on any atom is -0.490 e. The smallest absolute Gasteiger partial charge is 0.277 e. The highest BCUT2D eigenvalue weighted by atomic mass is 16.5. The molecule has 0 spiro atoms. The third kappa shape index (κ3) is 3.38. The van der Waals surface area contributed by atoms with E-state index in [1.165, 1.54) is 12.8 Å². The number of benzene rings is 1. The molecule has 5 heteroatoms. The second-order valence-corrected chi connectivity index (χ2v) is 6.40. The van der Waals surface area contributed by atoms with E-state index in [0.29, 0.717) is 23.4 Å². The highest BCUT2D eigenvalue weighted by molar-refractivity contribution is 6.02. The van der Waals surface area contributed by atoms with Crippen molar-refractivity contribution >= 4 is 11.6 Å². The molecule has 2 aromatic rings. The lowest BCUT2D eigenvalue weighted by Gasteiger charge is -2.13. The number of carbonyl (C=O) groups excluding carboxylic acids is 1. The fourth-order valence-corrected chi connectivity index (χ4v) is 3.00. The molecule has 2 aliphatic carbocycles. The van der Waals surface area contributed by atoms with Crippen LogP contribution in [0.15, 0.2) is 34.9 Å². The molecule has 2 saturated carbocycles. The molecular weight excluding hydrogens is 292 g/mol. The van der Waals surface area contributed by atoms with E-state index < -0.39 is 0 Å². The lowest BCUT2D eigenvalue weighted by atomic mass is 10.2. The van der Waals surface area contributed by atoms with Gasteiger partial charge < -0.3 is 14.6 Å². The molecule has 1 amide bonds. The monoisotopic (exact) mass is 312 g/mol. The van der Waals surface area contributed by atoms with Crippen molar-refractivity contribution in [2.75, 3.05) is 5.32 Å². The average Bonchev–Trinajstić information content (AvgIpc) is 3.07. The quantitative estimate of drug-likeness (QED) is 0.901. The van der Waals surface area contributed by atoms with E-state index in [9.17, 15) is 4.79 Å². The van der Waals surface area contributed by atoms with Crippen LogP contribution in [0, 0.1) is 0 Å². The number of anilines is 1. The summed E-state index contributed by atoms with van der Waals surface area (Å²) in [7, 11) is 0. The molecule has 0 bridgehead atoms. The zero-order chi connectivity index (χ0) is 15.6. The van der Waals surface area contributed by atoms with E-state index in [0.717, 1.165) is 37.2 Å². The van der Waals surface area contributed by atoms with Crippen molar-refractivity contribution < 1.29 is 14.1 Å². The van der Waals surface area contributed by atoms with Crippen molar-refractivity contribution in [1.82, 2.24) is 5.16 Å². The standard InChI is InChI=1S/C18H20N2O3/c21-18(16-11-17(23-20-16)12-8-9-12)19-13-4-3-7-15(10-13)22-14-5-1-2-6-14/h3-4,7,10-12,14H,1-2,5-6,8-9H2,(H,19,21). The number of hydrogen-bond donors (Lipinski definition) is 1. The minimum absolute atomic E-state index is 0.251. The van der Waals surface area contributed by atoms with Crippen molar-refractivity contribution in [2.24, 2.45) is 0 Å². The Morgan fingerprint density at radius 2 is 2.00 bits per heavy atom. The highest BCUT2D eigenvalue weighted by Crippen LogP contribution is 2.40. The molecule has 2 fully saturated rings. The van der Waals surface area contributed by atoms with E-state index >= 15 is 0 Å². The van der Waals surface area contributed by atoms with Gasteiger partial charge in [0.05, 0.1) is 6.10 Å². The second-order valence-electron chi connectivity index (χ2n) is 6.40. The number of amides is 1. The maximum Gasteiger partial charge on any atom is 0.277 e. The Labute approximate surface area is 135 Å². The molecular formula is C18H20N2O3. The van der Waals surface area contributed by atoms with Crippen LogP contribution in [-0.4, -0.2) is 17.2 Å². The molecule has 1 aromatic carbocycles. The Bertz CT molecular complexity index is 700. The van der Waals surface area contributed by atoms with Crippen LogP contribution in [-0.2, 0) is 0 Å². The third-order valence-corrected chi connectivity index (χ3v) is 4.44. The first-order valence-electron chi connectivity index (χ1n) is 8.32. The maximum absolute atomic E-state index is 12.3. The zero-order valence-electron chi connectivity index (χ0n) is 13.0. The fraction of sp³-hybridized carbons (Fsp3) is 0.444. The number of aromatic nitrogens is 1. The van der Waals surface area contributed by atoms with Crippen molar-refractivity contribution in [2.45, 2.75) is 50.5 Å². The fourth-order valence-electron chi connectivity index (χ4n) is 3.00. The van der Waals surface area contributed by atoms with Gasteiger partial charge in [0.1, 0.15) is 11.5 Å². The van der Waals surface area contributed by atoms with Gasteiger partial charge in [-0.05, 0) is 50.7 Å². The number of nitrogens with one attached hydrogen (secondary N) is 1. The van der Waals surface area contributed by atoms with Gasteiger partial charge in [0.2, 0.25) is 0 Å². The molecule has 1 aromatic heterocycles. The van der Waals surface area contributed by atoms with Crippen LogP contribution in [0.1, 0.15) is 60.7 Å². The first-order valence-corrected chi connectivity index (χ1v) is 8.32. The Morgan fingerprint density at radius 1 is 1.17 bits per heavy atom. The molecule has 0 saturated heterocycles. The van der Waals surface area contributed by atoms with Crippen molar-refractivity contribution in [3.8, 4) is 5.75 Å². The predicted molar refractivity (Wildman–Crippen MR) is 85.8 cm³/mol. The van der Waals surface area contributed by atoms with Crippen LogP contribution in [0.5, 0.6) is 5.75 Å². The van der Waals surface area contributed by atoms with E-state index in [4.69, 9.17) is 9.26 Å². The molecule has 0 aliphatic heterocycles. The second kappa shape index (κ2) is 6.07. The summed E-state index contributed by atoms with van der Waals surface area (Å²) in [6.07, 6.45) is 7.23. The number of hydrogen-bond acceptors (Lipinski definition) is 4. The van der Waals surface area contributed by atoms with Gasteiger partial charge in [0.15, 0.2) is 5.69 Å². The summed E-state index contributed by atoms with van der Waals surface area (Å²) in [5.41, 5.74) is 1.04. The first kappa shape index (κ1) is 14.3. The Balaban J connectivity index is 1.41. The minimum atomic E-state index is -0.251. The third-order valence-electron chi connectivity index (χ3n) is 4.44. The lowest BCUT2D eigenvalue weighted by Crippen LogP contribution is -2.13. The molecule has 2 aliphatic rings. The lowest BCUT2D eigenvalue weighted by molar-refractivity contribution is 0.101. The topological polar surface area (TPSA) is 64.4 Å². The normalized spacial score (nSPS) is 18.1. The number of ether oxygens (including phenoxy) is 1. The van der Waals surface area contributed by atoms with E-state index in [2.05, 4.69) is 10.5 Å². The predicted octanol–water partition coefficient (Wildman–Crippen LogP) is 4.13. The first-order chi connectivity index (χ1) is 11.3. The SMILES string of the molecule is O=C(Nc1cccc(OC2CCCC2)c1)c1cc(C2CC2)on1. The van der Waals surface area contributed by atoms with Gasteiger partial charge in [-0.25, -0.2) is 0 Å². The van der Waals surface area contributed by atoms with Gasteiger partial charge in [-0.2, -0.15) is 0 Å². The van der Waals surface area contributed by atoms with Gasteiger partial charge in [-0.15, -0.1) is 0 Å². The molecule has 120 valence electrons. The molecule has 5 nitrogen and oxygen atoms in total. The van der Waals surface area contributed by atoms with Crippen LogP contribution in [0.25, 0.3) is 0 Å². The van der Waals surface area contributed by atoms with E-state index in [1.807, 2.05) is 24.3 Å². The van der Waals surface area contributed by atoms with Crippen LogP contribution in [0.2, 0.25) is 0 Å². The van der Waals surface area contributed by atoms with E-state index in [1.54, 1.807) is 6.07 Å². The van der Waals surface area contributed by atoms with Gasteiger partial charge >= 0.3 is 0 Å². The molecule has 0 atom stereocenters. The van der Waals surface area contributed by atoms with Crippen molar-refractivity contribution in [1.29, 1.82) is 0 Å². The maximum atomic E-state index is 12.3. The average molecular weight is 312 g/mol. The van der Waals surface area contributed by atoms with Crippen molar-refractivity contribution in [3.63, 3.8) is 0 Å². The molecule has 0 unspecified atom stereocenters. The summed E-state index contributed by atoms with van der Waals surface area (Å²) in [6.45, 7) is 0. The molecule has 1 N–H and O–H groups in total. The molecule has 23 heavy (non-hydrogen) atoms. The summed E-state index contributed by atoms with van der Waals surface area (Å²) >= 11 is 0. The largest absolute Gasteiger partial charge is 0.490 e. The van der Waals surface area contributed by atoms with Crippen LogP contribution in [0.4, 0.5) is 5.69 Å². The Kier molecular flexibility index (Phi) is 3.77. The van der Waals surface area contributed by atoms with E-state index in [-0.39, 0.29) is 5.91 Å². The van der Waals surface area contributed by atoms with Crippen LogP contribution in [0.3, 0.4) is 0 Å². The van der Waals surface area contributed by atoms with Crippen LogP contribution >= 0.6 is 0 Å².